The summed E-state index contributed by atoms with van der Waals surface area (Å²) in [5.74, 6) is 0.570. The molecule has 7 heteroatoms. The van der Waals surface area contributed by atoms with Crippen LogP contribution in [-0.4, -0.2) is 37.6 Å². The van der Waals surface area contributed by atoms with Crippen molar-refractivity contribution in [3.05, 3.63) is 52.3 Å². The van der Waals surface area contributed by atoms with E-state index in [-0.39, 0.29) is 11.6 Å². The van der Waals surface area contributed by atoms with E-state index in [1.54, 1.807) is 20.1 Å². The van der Waals surface area contributed by atoms with Gasteiger partial charge in [-0.05, 0) is 56.8 Å². The fraction of sp³-hybridized carbons (Fsp3) is 0.350. The highest BCUT2D eigenvalue weighted by molar-refractivity contribution is 9.10. The van der Waals surface area contributed by atoms with Crippen molar-refractivity contribution in [2.45, 2.75) is 26.4 Å². The maximum Gasteiger partial charge on any atom is 0.241 e. The quantitative estimate of drug-likeness (QED) is 0.660. The van der Waals surface area contributed by atoms with Crippen LogP contribution in [0.15, 0.2) is 40.9 Å². The van der Waals surface area contributed by atoms with Crippen molar-refractivity contribution in [1.82, 2.24) is 4.90 Å². The van der Waals surface area contributed by atoms with Gasteiger partial charge in [-0.25, -0.2) is 4.39 Å². The molecule has 0 aliphatic heterocycles. The average molecular weight is 439 g/mol. The van der Waals surface area contributed by atoms with Crippen LogP contribution in [0.4, 0.5) is 10.1 Å². The van der Waals surface area contributed by atoms with Gasteiger partial charge in [-0.2, -0.15) is 0 Å². The number of methoxy groups -OCH3 is 1. The van der Waals surface area contributed by atoms with Crippen molar-refractivity contribution in [1.29, 1.82) is 0 Å². The molecule has 146 valence electrons. The van der Waals surface area contributed by atoms with Gasteiger partial charge in [0.25, 0.3) is 0 Å². The number of amides is 1. The van der Waals surface area contributed by atoms with E-state index in [1.807, 2.05) is 37.1 Å². The first-order chi connectivity index (χ1) is 12.8. The molecule has 27 heavy (non-hydrogen) atoms. The molecule has 0 saturated heterocycles. The zero-order valence-electron chi connectivity index (χ0n) is 15.9. The molecular formula is C20H24BrFN2O3. The molecule has 0 bridgehead atoms. The van der Waals surface area contributed by atoms with E-state index in [2.05, 4.69) is 21.2 Å². The number of halogens is 2. The number of ether oxygens (including phenoxy) is 2. The van der Waals surface area contributed by atoms with Crippen LogP contribution < -0.4 is 14.8 Å². The van der Waals surface area contributed by atoms with Crippen LogP contribution in [0.5, 0.6) is 11.5 Å². The summed E-state index contributed by atoms with van der Waals surface area (Å²) in [6.07, 6.45) is 0. The molecule has 2 aromatic rings. The molecule has 0 aliphatic carbocycles. The fourth-order valence-electron chi connectivity index (χ4n) is 2.54. The van der Waals surface area contributed by atoms with Crippen molar-refractivity contribution in [3.8, 4) is 11.5 Å². The van der Waals surface area contributed by atoms with Crippen LogP contribution in [0.25, 0.3) is 0 Å². The van der Waals surface area contributed by atoms with E-state index in [4.69, 9.17) is 9.47 Å². The summed E-state index contributed by atoms with van der Waals surface area (Å²) in [6.45, 7) is 4.77. The minimum absolute atomic E-state index is 0.159. The van der Waals surface area contributed by atoms with Crippen LogP contribution in [0, 0.1) is 5.82 Å². The SMILES string of the molecule is CCOc1ccc(CN(C)C(C)C(=O)Nc2ccc(Br)cc2F)cc1OC. The molecule has 1 N–H and O–H groups in total. The Kier molecular flexibility index (Phi) is 7.62. The van der Waals surface area contributed by atoms with E-state index in [1.165, 1.54) is 12.1 Å². The number of hydrogen-bond acceptors (Lipinski definition) is 4. The van der Waals surface area contributed by atoms with Crippen LogP contribution >= 0.6 is 15.9 Å². The van der Waals surface area contributed by atoms with Crippen LogP contribution in [0.1, 0.15) is 19.4 Å². The summed E-state index contributed by atoms with van der Waals surface area (Å²) in [4.78, 5) is 14.3. The maximum atomic E-state index is 13.9. The van der Waals surface area contributed by atoms with E-state index in [0.717, 1.165) is 5.56 Å². The zero-order chi connectivity index (χ0) is 20.0. The second-order valence-corrected chi connectivity index (χ2v) is 7.04. The Balaban J connectivity index is 2.04. The van der Waals surface area contributed by atoms with Gasteiger partial charge in [-0.1, -0.05) is 22.0 Å². The first kappa shape index (κ1) is 21.2. The van der Waals surface area contributed by atoms with Crippen molar-refractivity contribution < 1.29 is 18.7 Å². The van der Waals surface area contributed by atoms with Gasteiger partial charge >= 0.3 is 0 Å². The molecule has 0 aliphatic rings. The Morgan fingerprint density at radius 1 is 1.26 bits per heavy atom. The highest BCUT2D eigenvalue weighted by atomic mass is 79.9. The Morgan fingerprint density at radius 2 is 2.00 bits per heavy atom. The fourth-order valence-corrected chi connectivity index (χ4v) is 2.87. The standard InChI is InChI=1S/C20H24BrFN2O3/c1-5-27-18-9-6-14(10-19(18)26-4)12-24(3)13(2)20(25)23-17-8-7-15(21)11-16(17)22/h6-11,13H,5,12H2,1-4H3,(H,23,25). The average Bonchev–Trinajstić information content (AvgIpc) is 2.64. The summed E-state index contributed by atoms with van der Waals surface area (Å²) >= 11 is 3.20. The van der Waals surface area contributed by atoms with Gasteiger partial charge < -0.3 is 14.8 Å². The number of benzene rings is 2. The molecule has 0 spiro atoms. The van der Waals surface area contributed by atoms with Gasteiger partial charge in [0.05, 0.1) is 25.4 Å². The van der Waals surface area contributed by atoms with Gasteiger partial charge in [-0.15, -0.1) is 0 Å². The second kappa shape index (κ2) is 9.71. The van der Waals surface area contributed by atoms with Gasteiger partial charge in [0, 0.05) is 11.0 Å². The molecule has 1 atom stereocenters. The third-order valence-electron chi connectivity index (χ3n) is 4.19. The van der Waals surface area contributed by atoms with Crippen molar-refractivity contribution in [2.24, 2.45) is 0 Å². The normalized spacial score (nSPS) is 12.0. The molecule has 1 amide bonds. The number of anilines is 1. The summed E-state index contributed by atoms with van der Waals surface area (Å²) in [5.41, 5.74) is 1.14. The molecule has 2 rings (SSSR count). The number of rotatable bonds is 8. The lowest BCUT2D eigenvalue weighted by Gasteiger charge is -2.24. The molecule has 1 unspecified atom stereocenters. The lowest BCUT2D eigenvalue weighted by atomic mass is 10.1. The smallest absolute Gasteiger partial charge is 0.241 e. The molecule has 0 saturated carbocycles. The molecule has 0 fully saturated rings. The van der Waals surface area contributed by atoms with E-state index in [9.17, 15) is 9.18 Å². The first-order valence-electron chi connectivity index (χ1n) is 8.61. The minimum Gasteiger partial charge on any atom is -0.493 e. The number of likely N-dealkylation sites (N-methyl/N-ethyl adjacent to an activating group) is 1. The van der Waals surface area contributed by atoms with Crippen LogP contribution in [-0.2, 0) is 11.3 Å². The minimum atomic E-state index is -0.483. The molecule has 2 aromatic carbocycles. The third kappa shape index (κ3) is 5.68. The van der Waals surface area contributed by atoms with Crippen molar-refractivity contribution in [3.63, 3.8) is 0 Å². The van der Waals surface area contributed by atoms with E-state index in [0.29, 0.717) is 29.1 Å². The lowest BCUT2D eigenvalue weighted by molar-refractivity contribution is -0.120. The monoisotopic (exact) mass is 438 g/mol. The number of nitrogens with one attached hydrogen (secondary N) is 1. The van der Waals surface area contributed by atoms with E-state index >= 15 is 0 Å². The van der Waals surface area contributed by atoms with E-state index < -0.39 is 11.9 Å². The Hall–Kier alpha value is -2.12. The zero-order valence-corrected chi connectivity index (χ0v) is 17.5. The topological polar surface area (TPSA) is 50.8 Å². The number of hydrogen-bond donors (Lipinski definition) is 1. The molecule has 5 nitrogen and oxygen atoms in total. The second-order valence-electron chi connectivity index (χ2n) is 6.12. The van der Waals surface area contributed by atoms with Crippen molar-refractivity contribution in [2.75, 3.05) is 26.1 Å². The van der Waals surface area contributed by atoms with Gasteiger partial charge in [0.15, 0.2) is 11.5 Å². The van der Waals surface area contributed by atoms with Gasteiger partial charge in [-0.3, -0.25) is 9.69 Å². The molecule has 0 heterocycles. The highest BCUT2D eigenvalue weighted by Crippen LogP contribution is 2.28. The van der Waals surface area contributed by atoms with Gasteiger partial charge in [0.2, 0.25) is 5.91 Å². The molecule has 0 radical (unpaired) electrons. The van der Waals surface area contributed by atoms with Crippen molar-refractivity contribution >= 4 is 27.5 Å². The largest absolute Gasteiger partial charge is 0.493 e. The summed E-state index contributed by atoms with van der Waals surface area (Å²) in [6, 6.07) is 9.75. The van der Waals surface area contributed by atoms with Crippen LogP contribution in [0.2, 0.25) is 0 Å². The molecular weight excluding hydrogens is 415 g/mol. The molecule has 0 aromatic heterocycles. The third-order valence-corrected chi connectivity index (χ3v) is 4.68. The lowest BCUT2D eigenvalue weighted by Crippen LogP contribution is -2.39. The summed E-state index contributed by atoms with van der Waals surface area (Å²) in [7, 11) is 3.43. The first-order valence-corrected chi connectivity index (χ1v) is 9.40. The maximum absolute atomic E-state index is 13.9. The van der Waals surface area contributed by atoms with Gasteiger partial charge in [0.1, 0.15) is 5.82 Å². The van der Waals surface area contributed by atoms with Crippen LogP contribution in [0.3, 0.4) is 0 Å². The summed E-state index contributed by atoms with van der Waals surface area (Å²) < 4.78 is 25.4. The predicted octanol–water partition coefficient (Wildman–Crippen LogP) is 4.45. The number of carbonyl (C=O) groups excluding carboxylic acids is 1. The Labute approximate surface area is 167 Å². The number of nitrogens with zero attached hydrogens (tertiary/aromatic N) is 1. The Bertz CT molecular complexity index is 801. The Morgan fingerprint density at radius 3 is 2.63 bits per heavy atom. The number of carbonyl (C=O) groups is 1. The summed E-state index contributed by atoms with van der Waals surface area (Å²) in [5, 5.41) is 2.63. The predicted molar refractivity (Wildman–Crippen MR) is 108 cm³/mol. The highest BCUT2D eigenvalue weighted by Gasteiger charge is 2.20.